The number of anilines is 1. The molecule has 0 aliphatic carbocycles. The Morgan fingerprint density at radius 2 is 2.27 bits per heavy atom. The van der Waals surface area contributed by atoms with Crippen LogP contribution in [0.5, 0.6) is 0 Å². The minimum atomic E-state index is 0.480. The number of benzene rings is 1. The summed E-state index contributed by atoms with van der Waals surface area (Å²) in [7, 11) is 1.87. The zero-order valence-electron chi connectivity index (χ0n) is 14.5. The Balaban J connectivity index is 1.91. The smallest absolute Gasteiger partial charge is 0.183 e. The first-order valence-electron chi connectivity index (χ1n) is 8.28. The van der Waals surface area contributed by atoms with Gasteiger partial charge in [-0.25, -0.2) is 4.98 Å². The third-order valence-electron chi connectivity index (χ3n) is 3.62. The van der Waals surface area contributed by atoms with Crippen molar-refractivity contribution in [2.24, 2.45) is 0 Å². The van der Waals surface area contributed by atoms with E-state index in [1.807, 2.05) is 37.5 Å². The molecule has 0 spiro atoms. The molecule has 0 aliphatic heterocycles. The van der Waals surface area contributed by atoms with Crippen LogP contribution in [0.2, 0.25) is 0 Å². The standard InChI is InChI=1S/C19H22ClN3OS2/c1-21-11-16-10-14(7-8-15(16)13-24)17-12-23-19(26-17)22-9-5-3-2-4-6-18(20)25/h2,4,6-8,10,12-13,21,25H,3,5,9,11H2,1H3,(H,22,23)/b4-2+,18-6-. The summed E-state index contributed by atoms with van der Waals surface area (Å²) in [6, 6.07) is 5.87. The highest BCUT2D eigenvalue weighted by molar-refractivity contribution is 7.86. The fourth-order valence-electron chi connectivity index (χ4n) is 2.37. The molecule has 0 aliphatic rings. The number of aromatic nitrogens is 1. The van der Waals surface area contributed by atoms with Gasteiger partial charge in [-0.05, 0) is 43.2 Å². The van der Waals surface area contributed by atoms with Gasteiger partial charge in [0.15, 0.2) is 5.13 Å². The maximum Gasteiger partial charge on any atom is 0.183 e. The predicted octanol–water partition coefficient (Wildman–Crippen LogP) is 5.10. The first-order chi connectivity index (χ1) is 12.6. The number of nitrogens with zero attached hydrogens (tertiary/aromatic N) is 1. The van der Waals surface area contributed by atoms with Crippen LogP contribution in [-0.4, -0.2) is 24.9 Å². The van der Waals surface area contributed by atoms with E-state index in [1.54, 1.807) is 17.4 Å². The topological polar surface area (TPSA) is 54.0 Å². The molecule has 7 heteroatoms. The van der Waals surface area contributed by atoms with E-state index in [2.05, 4.69) is 34.3 Å². The summed E-state index contributed by atoms with van der Waals surface area (Å²) in [5, 5.41) is 7.34. The van der Waals surface area contributed by atoms with Gasteiger partial charge in [0.2, 0.25) is 0 Å². The van der Waals surface area contributed by atoms with Crippen molar-refractivity contribution in [3.05, 3.63) is 58.1 Å². The molecular weight excluding hydrogens is 386 g/mol. The Morgan fingerprint density at radius 1 is 1.42 bits per heavy atom. The van der Waals surface area contributed by atoms with Gasteiger partial charge in [-0.15, -0.1) is 12.6 Å². The molecule has 2 aromatic rings. The van der Waals surface area contributed by atoms with Crippen molar-refractivity contribution in [1.82, 2.24) is 10.3 Å². The Labute approximate surface area is 168 Å². The number of aldehydes is 1. The summed E-state index contributed by atoms with van der Waals surface area (Å²) in [6.45, 7) is 1.51. The van der Waals surface area contributed by atoms with E-state index in [0.717, 1.165) is 46.8 Å². The number of hydrogen-bond acceptors (Lipinski definition) is 6. The lowest BCUT2D eigenvalue weighted by Crippen LogP contribution is -2.07. The van der Waals surface area contributed by atoms with Gasteiger partial charge in [0.1, 0.15) is 6.29 Å². The minimum absolute atomic E-state index is 0.480. The number of unbranched alkanes of at least 4 members (excludes halogenated alkanes) is 1. The largest absolute Gasteiger partial charge is 0.361 e. The van der Waals surface area contributed by atoms with Crippen LogP contribution in [0.4, 0.5) is 5.13 Å². The molecule has 2 N–H and O–H groups in total. The average Bonchev–Trinajstić information content (AvgIpc) is 3.10. The molecule has 0 fully saturated rings. The molecule has 0 bridgehead atoms. The number of nitrogens with one attached hydrogen (secondary N) is 2. The van der Waals surface area contributed by atoms with Crippen molar-refractivity contribution >= 4 is 47.0 Å². The van der Waals surface area contributed by atoms with Gasteiger partial charge in [-0.1, -0.05) is 47.2 Å². The number of carbonyl (C=O) groups is 1. The normalized spacial score (nSPS) is 11.9. The lowest BCUT2D eigenvalue weighted by Gasteiger charge is -2.06. The lowest BCUT2D eigenvalue weighted by atomic mass is 10.0. The molecule has 1 heterocycles. The fourth-order valence-corrected chi connectivity index (χ4v) is 3.36. The quantitative estimate of drug-likeness (QED) is 0.222. The number of rotatable bonds is 10. The van der Waals surface area contributed by atoms with Gasteiger partial charge in [-0.2, -0.15) is 0 Å². The van der Waals surface area contributed by atoms with E-state index in [1.165, 1.54) is 0 Å². The molecular formula is C19H22ClN3OS2. The van der Waals surface area contributed by atoms with Gasteiger partial charge >= 0.3 is 0 Å². The Kier molecular flexibility index (Phi) is 8.91. The Hall–Kier alpha value is -1.60. The van der Waals surface area contributed by atoms with Crippen LogP contribution < -0.4 is 10.6 Å². The zero-order chi connectivity index (χ0) is 18.8. The summed E-state index contributed by atoms with van der Waals surface area (Å²) in [4.78, 5) is 16.6. The van der Waals surface area contributed by atoms with Crippen molar-refractivity contribution in [2.75, 3.05) is 18.9 Å². The molecule has 0 saturated heterocycles. The van der Waals surface area contributed by atoms with Crippen LogP contribution in [0.25, 0.3) is 10.4 Å². The molecule has 0 atom stereocenters. The highest BCUT2D eigenvalue weighted by Gasteiger charge is 2.08. The maximum atomic E-state index is 11.1. The van der Waals surface area contributed by atoms with Crippen LogP contribution in [0, 0.1) is 0 Å². The van der Waals surface area contributed by atoms with Crippen LogP contribution in [-0.2, 0) is 6.54 Å². The highest BCUT2D eigenvalue weighted by atomic mass is 35.5. The summed E-state index contributed by atoms with van der Waals surface area (Å²) >= 11 is 11.2. The van der Waals surface area contributed by atoms with E-state index >= 15 is 0 Å². The van der Waals surface area contributed by atoms with Gasteiger partial charge in [0.05, 0.1) is 9.24 Å². The van der Waals surface area contributed by atoms with Crippen molar-refractivity contribution in [1.29, 1.82) is 0 Å². The predicted molar refractivity (Wildman–Crippen MR) is 115 cm³/mol. The van der Waals surface area contributed by atoms with Crippen molar-refractivity contribution in [3.63, 3.8) is 0 Å². The van der Waals surface area contributed by atoms with E-state index in [9.17, 15) is 4.79 Å². The number of thiazole rings is 1. The van der Waals surface area contributed by atoms with Gasteiger partial charge in [-0.3, -0.25) is 4.79 Å². The van der Waals surface area contributed by atoms with Crippen molar-refractivity contribution in [2.45, 2.75) is 19.4 Å². The molecule has 138 valence electrons. The highest BCUT2D eigenvalue weighted by Crippen LogP contribution is 2.30. The minimum Gasteiger partial charge on any atom is -0.361 e. The average molecular weight is 408 g/mol. The third-order valence-corrected chi connectivity index (χ3v) is 4.90. The zero-order valence-corrected chi connectivity index (χ0v) is 17.0. The number of thiol groups is 1. The number of carbonyl (C=O) groups excluding carboxylic acids is 1. The van der Waals surface area contributed by atoms with Crippen molar-refractivity contribution in [3.8, 4) is 10.4 Å². The Morgan fingerprint density at radius 3 is 3.00 bits per heavy atom. The second kappa shape index (κ2) is 11.2. The lowest BCUT2D eigenvalue weighted by molar-refractivity contribution is 0.112. The summed E-state index contributed by atoms with van der Waals surface area (Å²) in [5.74, 6) is 0. The summed E-state index contributed by atoms with van der Waals surface area (Å²) in [5.41, 5.74) is 2.78. The van der Waals surface area contributed by atoms with Crippen molar-refractivity contribution < 1.29 is 4.79 Å². The molecule has 0 saturated carbocycles. The second-order valence-electron chi connectivity index (χ2n) is 5.58. The second-order valence-corrected chi connectivity index (χ2v) is 7.76. The number of allylic oxidation sites excluding steroid dienone is 3. The Bertz CT molecular complexity index is 783. The number of halogens is 1. The van der Waals surface area contributed by atoms with Gasteiger partial charge in [0.25, 0.3) is 0 Å². The van der Waals surface area contributed by atoms with E-state index in [-0.39, 0.29) is 0 Å². The first-order valence-corrected chi connectivity index (χ1v) is 9.92. The van der Waals surface area contributed by atoms with Crippen LogP contribution >= 0.6 is 35.6 Å². The fraction of sp³-hybridized carbons (Fsp3) is 0.263. The molecule has 1 aromatic heterocycles. The monoisotopic (exact) mass is 407 g/mol. The third kappa shape index (κ3) is 6.61. The first kappa shape index (κ1) is 20.7. The molecule has 1 aromatic carbocycles. The van der Waals surface area contributed by atoms with E-state index in [4.69, 9.17) is 11.6 Å². The molecule has 0 radical (unpaired) electrons. The summed E-state index contributed by atoms with van der Waals surface area (Å²) < 4.78 is 0.480. The SMILES string of the molecule is CNCc1cc(-c2cnc(NCCC/C=C/C=C(\S)Cl)s2)ccc1C=O. The molecule has 0 amide bonds. The molecule has 0 unspecified atom stereocenters. The van der Waals surface area contributed by atoms with Crippen LogP contribution in [0.15, 0.2) is 47.0 Å². The maximum absolute atomic E-state index is 11.1. The molecule has 4 nitrogen and oxygen atoms in total. The van der Waals surface area contributed by atoms with Crippen LogP contribution in [0.1, 0.15) is 28.8 Å². The number of hydrogen-bond donors (Lipinski definition) is 3. The van der Waals surface area contributed by atoms with Gasteiger partial charge in [0, 0.05) is 24.8 Å². The summed E-state index contributed by atoms with van der Waals surface area (Å²) in [6.07, 6.45) is 10.4. The molecule has 26 heavy (non-hydrogen) atoms. The van der Waals surface area contributed by atoms with E-state index in [0.29, 0.717) is 16.5 Å². The van der Waals surface area contributed by atoms with Gasteiger partial charge < -0.3 is 10.6 Å². The van der Waals surface area contributed by atoms with Crippen LogP contribution in [0.3, 0.4) is 0 Å². The van der Waals surface area contributed by atoms with E-state index < -0.39 is 0 Å². The molecule has 2 rings (SSSR count).